The number of benzene rings is 2. The number of allylic oxidation sites excluding steroid dienone is 6. The number of primary amides is 5. The number of aromatic nitrogens is 2. The smallest absolute Gasteiger partial charge is 0.756 e. The molecule has 0 saturated carbocycles. The number of halogens is 2. The summed E-state index contributed by atoms with van der Waals surface area (Å²) in [6.45, 7) is 27.4. The molecule has 2 saturated heterocycles. The summed E-state index contributed by atoms with van der Waals surface area (Å²) in [6, 6.07) is 11.0. The fourth-order valence-corrected chi connectivity index (χ4v) is 19.1. The molecule has 3 aromatic rings. The molecule has 6 aliphatic heterocycles. The number of phosphoric acid groups is 1. The summed E-state index contributed by atoms with van der Waals surface area (Å²) in [5.74, 6) is -7.25. The van der Waals surface area contributed by atoms with Crippen LogP contribution in [-0.4, -0.2) is 165 Å². The number of esters is 1. The van der Waals surface area contributed by atoms with Gasteiger partial charge in [-0.05, 0) is 152 Å². The van der Waals surface area contributed by atoms with E-state index in [4.69, 9.17) is 97.2 Å². The van der Waals surface area contributed by atoms with E-state index in [2.05, 4.69) is 44.8 Å². The van der Waals surface area contributed by atoms with Crippen LogP contribution in [-0.2, 0) is 84.6 Å². The Hall–Kier alpha value is -7.93. The molecule has 9 rings (SSSR count). The van der Waals surface area contributed by atoms with Crippen LogP contribution < -0.4 is 54.2 Å². The number of ether oxygens (including phenoxy) is 2. The second kappa shape index (κ2) is 39.8. The number of aliphatic hydroxyl groups is 2. The maximum absolute atomic E-state index is 14.3. The van der Waals surface area contributed by atoms with Gasteiger partial charge in [-0.1, -0.05) is 46.8 Å². The van der Waals surface area contributed by atoms with Gasteiger partial charge in [0.2, 0.25) is 35.4 Å². The van der Waals surface area contributed by atoms with Crippen molar-refractivity contribution in [2.75, 3.05) is 49.5 Å². The Balaban J connectivity index is 0.000000727. The minimum Gasteiger partial charge on any atom is -0.756 e. The fourth-order valence-electron chi connectivity index (χ4n) is 17.5. The summed E-state index contributed by atoms with van der Waals surface area (Å²) < 4.78 is 36.8. The van der Waals surface area contributed by atoms with Crippen molar-refractivity contribution in [2.24, 2.45) is 89.0 Å². The van der Waals surface area contributed by atoms with Gasteiger partial charge in [-0.3, -0.25) is 53.1 Å². The Morgan fingerprint density at radius 2 is 1.43 bits per heavy atom. The van der Waals surface area contributed by atoms with Gasteiger partial charge < -0.3 is 104 Å². The average molecular weight is 1690 g/mol. The summed E-state index contributed by atoms with van der Waals surface area (Å²) in [5.41, 5.74) is 33.1. The third kappa shape index (κ3) is 21.3. The SMILES string of the molecule is C/C1=C2N=C(/C=C3\N/C(=C(/C)C4=N[C@@](C)(C5N=C1[C@](C)(CCC(=O)NC[C@H](C)OP(=O)([O-])O[C@H]1[C@@H](O)[C@@H](n6cnc7cc(C)c(C)cc76)O[C@@H]1CO)[C@H]5CC(N)=O)[C@@](C)(CC(N)=O)[C@@H]4CCC(N)=O)[C@@](C)(CC(N)=O)[C@@H]3CCC(N)=O)C(C)(C)[C@@H]/2CCC(=O)[O-].CCOC(=O)CCCc1ccc(N(CCCl)CCCl)cc1.[C-]#N.[Co+3]. The van der Waals surface area contributed by atoms with Crippen molar-refractivity contribution in [3.05, 3.63) is 100 Å². The number of nitrogens with zero attached hydrogens (tertiary/aromatic N) is 7. The molecule has 2 fully saturated rings. The van der Waals surface area contributed by atoms with Crippen molar-refractivity contribution >= 4 is 112 Å². The number of carbonyl (C=O) groups excluding carboxylic acids is 8. The molecule has 626 valence electrons. The number of nitrogens with one attached hydrogen (secondary N) is 2. The molecule has 35 heteroatoms. The van der Waals surface area contributed by atoms with Crippen molar-refractivity contribution in [3.63, 3.8) is 0 Å². The van der Waals surface area contributed by atoms with Crippen LogP contribution in [0, 0.1) is 71.0 Å². The first-order valence-electron chi connectivity index (χ1n) is 38.0. The molecule has 1 aromatic heterocycles. The van der Waals surface area contributed by atoms with Crippen molar-refractivity contribution in [3.8, 4) is 0 Å². The van der Waals surface area contributed by atoms with E-state index in [1.165, 1.54) is 23.4 Å². The number of aliphatic imine (C=N–C) groups is 3. The average Bonchev–Trinajstić information content (AvgIpc) is 1.53. The normalized spacial score (nSPS) is 29.0. The van der Waals surface area contributed by atoms with Gasteiger partial charge >= 0.3 is 22.7 Å². The molecule has 31 nitrogen and oxygen atoms in total. The van der Waals surface area contributed by atoms with E-state index < -0.39 is 143 Å². The number of carboxylic acids is 1. The van der Waals surface area contributed by atoms with E-state index in [-0.39, 0.29) is 99.9 Å². The molecule has 15 atom stereocenters. The van der Waals surface area contributed by atoms with Crippen molar-refractivity contribution in [1.82, 2.24) is 20.2 Å². The number of hydrogen-bond acceptors (Lipinski definition) is 24. The molecule has 0 spiro atoms. The van der Waals surface area contributed by atoms with Crippen LogP contribution in [0.15, 0.2) is 92.0 Å². The standard InChI is InChI=1S/C62H89N12O15P.C16H23Cl2NO2.CN.Co/c1-29-20-39-40(21-30(29)2)74(28-69-39)57-52(84)53(41(27-75)87-57)89-90(85,86)88-31(3)26-68-48(81)18-19-59(8)37(22-45(65)78)56-62(11)61(10,25-47(67)80)36(13-16-44(64)77)51(73-62)33(5)55-60(9,24-46(66)79)34(12-15-43(63)76)38(70-55)23-42-58(6,7)35(14-17-49(82)83)50(71-42)32(4)54(59)72-56;1-2-21-16(20)5-3-4-14-6-8-15(9-7-14)19(12-10-17)13-11-18;1-2;/h20-21,23,28,31,34-37,41,52-53,56-57,70,75,84H,12-19,22,24-27H2,1-11H3,(H2,63,76)(H2,64,77)(H2,65,78)(H2,66,79)(H2,67,80)(H,68,81)(H,82,83)(H,85,86);6-9H,2-5,10-13H2,1H3;;/q;;-1;+3/p-2/b38-23-,50-32-,55-33-;;;/t31-,34+,35+,36+,37-,41+,52+,53+,56?,57-,59+,60-,61-,62-;;;/m0.../s1. The summed E-state index contributed by atoms with van der Waals surface area (Å²) in [4.78, 5) is 141. The number of aliphatic carboxylic acids is 1. The minimum atomic E-state index is -5.33. The molecule has 7 heterocycles. The Labute approximate surface area is 686 Å². The van der Waals surface area contributed by atoms with Gasteiger partial charge in [-0.15, -0.1) is 23.2 Å². The number of alkyl halides is 2. The molecular formula is C79H110Cl2CoN14O17P. The van der Waals surface area contributed by atoms with Crippen molar-refractivity contribution in [2.45, 2.75) is 215 Å². The summed E-state index contributed by atoms with van der Waals surface area (Å²) >= 11 is 11.6. The van der Waals surface area contributed by atoms with E-state index in [0.29, 0.717) is 81.2 Å². The summed E-state index contributed by atoms with van der Waals surface area (Å²) in [7, 11) is -5.33. The molecule has 6 amide bonds. The first kappa shape index (κ1) is 94.9. The number of rotatable bonds is 36. The first-order valence-corrected chi connectivity index (χ1v) is 40.5. The Bertz CT molecular complexity index is 4330. The van der Waals surface area contributed by atoms with Crippen LogP contribution in [0.3, 0.4) is 0 Å². The van der Waals surface area contributed by atoms with Gasteiger partial charge in [-0.25, -0.2) is 4.98 Å². The van der Waals surface area contributed by atoms with E-state index >= 15 is 0 Å². The number of anilines is 1. The van der Waals surface area contributed by atoms with E-state index in [1.807, 2.05) is 73.6 Å². The topological polar surface area (TPSA) is 513 Å². The maximum Gasteiger partial charge on any atom is 3.00 e. The predicted octanol–water partition coefficient (Wildman–Crippen LogP) is 5.75. The van der Waals surface area contributed by atoms with Crippen LogP contribution in [0.2, 0.25) is 0 Å². The van der Waals surface area contributed by atoms with E-state index in [1.54, 1.807) is 20.8 Å². The second-order valence-corrected chi connectivity index (χ2v) is 33.7. The van der Waals surface area contributed by atoms with E-state index in [0.717, 1.165) is 42.7 Å². The molecule has 0 aliphatic carbocycles. The number of fused-ring (bicyclic) bond motifs is 7. The van der Waals surface area contributed by atoms with Gasteiger partial charge in [0.15, 0.2) is 6.23 Å². The zero-order valence-corrected chi connectivity index (χ0v) is 70.3. The van der Waals surface area contributed by atoms with Crippen LogP contribution in [0.5, 0.6) is 0 Å². The minimum absolute atomic E-state index is 0. The Morgan fingerprint density at radius 3 is 2.00 bits per heavy atom. The number of aryl methyl sites for hydroxylation is 3. The van der Waals surface area contributed by atoms with Gasteiger partial charge in [0, 0.05) is 168 Å². The molecular weight excluding hydrogens is 1580 g/mol. The Kier molecular flexibility index (Phi) is 33.1. The molecule has 8 bridgehead atoms. The molecule has 14 N–H and O–H groups in total. The molecule has 0 radical (unpaired) electrons. The van der Waals surface area contributed by atoms with Crippen LogP contribution in [0.25, 0.3) is 11.0 Å². The van der Waals surface area contributed by atoms with Crippen molar-refractivity contribution < 1.29 is 98.4 Å². The quantitative estimate of drug-likeness (QED) is 0.0145. The van der Waals surface area contributed by atoms with Gasteiger partial charge in [0.1, 0.15) is 18.3 Å². The van der Waals surface area contributed by atoms with Crippen LogP contribution >= 0.6 is 31.0 Å². The van der Waals surface area contributed by atoms with Crippen LogP contribution in [0.4, 0.5) is 5.69 Å². The number of phosphoric ester groups is 1. The number of aliphatic hydroxyl groups excluding tert-OH is 2. The number of amides is 6. The second-order valence-electron chi connectivity index (χ2n) is 31.7. The zero-order chi connectivity index (χ0) is 84.2. The predicted molar refractivity (Wildman–Crippen MR) is 422 cm³/mol. The Morgan fingerprint density at radius 1 is 0.825 bits per heavy atom. The van der Waals surface area contributed by atoms with Gasteiger partial charge in [0.25, 0.3) is 7.82 Å². The zero-order valence-electron chi connectivity index (χ0n) is 66.8. The molecule has 2 aromatic carbocycles. The van der Waals surface area contributed by atoms with Crippen molar-refractivity contribution in [1.29, 1.82) is 5.26 Å². The van der Waals surface area contributed by atoms with Gasteiger partial charge in [-0.2, -0.15) is 0 Å². The first-order chi connectivity index (χ1) is 53.0. The molecule has 2 unspecified atom stereocenters. The van der Waals surface area contributed by atoms with Crippen LogP contribution in [0.1, 0.15) is 176 Å². The summed E-state index contributed by atoms with van der Waals surface area (Å²) in [6.07, 6.45) is -3.22. The molecule has 114 heavy (non-hydrogen) atoms. The number of carboxylic acid groups (broad SMARTS) is 1. The largest absolute Gasteiger partial charge is 3.00 e. The third-order valence-corrected chi connectivity index (χ3v) is 25.2. The number of imidazole rings is 1. The third-order valence-electron chi connectivity index (χ3n) is 23.7. The van der Waals surface area contributed by atoms with E-state index in [9.17, 15) is 63.1 Å². The number of carbonyl (C=O) groups is 8. The molecule has 6 aliphatic rings. The number of nitrogens with two attached hydrogens (primary N) is 5. The maximum atomic E-state index is 14.3. The fraction of sp³-hybridized carbons (Fsp3) is 0.608. The monoisotopic (exact) mass is 1690 g/mol. The summed E-state index contributed by atoms with van der Waals surface area (Å²) in [5, 5.41) is 46.7. The van der Waals surface area contributed by atoms with Gasteiger partial charge in [0.05, 0.1) is 48.3 Å². The number of hydrogen-bond donors (Lipinski definition) is 9.